The number of nitrogens with one attached hydrogen (secondary N) is 1. The molecule has 21 heavy (non-hydrogen) atoms. The second-order valence-corrected chi connectivity index (χ2v) is 4.69. The van der Waals surface area contributed by atoms with E-state index in [1.165, 1.54) is 12.1 Å². The van der Waals surface area contributed by atoms with Crippen LogP contribution in [0.5, 0.6) is 11.6 Å². The lowest BCUT2D eigenvalue weighted by Gasteiger charge is -2.09. The van der Waals surface area contributed by atoms with Crippen molar-refractivity contribution in [3.63, 3.8) is 0 Å². The lowest BCUT2D eigenvalue weighted by atomic mass is 10.2. The van der Waals surface area contributed by atoms with Crippen LogP contribution >= 0.6 is 0 Å². The van der Waals surface area contributed by atoms with Gasteiger partial charge in [0, 0.05) is 32.5 Å². The van der Waals surface area contributed by atoms with Crippen LogP contribution in [0, 0.1) is 12.7 Å². The number of aromatic nitrogens is 1. The number of halogens is 1. The number of pyridine rings is 1. The molecular formula is C16H19FN2O2. The minimum Gasteiger partial charge on any atom is -0.439 e. The van der Waals surface area contributed by atoms with Crippen molar-refractivity contribution in [3.05, 3.63) is 53.5 Å². The Morgan fingerprint density at radius 3 is 2.76 bits per heavy atom. The average Bonchev–Trinajstić information content (AvgIpc) is 2.48. The van der Waals surface area contributed by atoms with E-state index in [-0.39, 0.29) is 5.82 Å². The molecule has 1 aromatic carbocycles. The van der Waals surface area contributed by atoms with E-state index in [2.05, 4.69) is 10.3 Å². The Hall–Kier alpha value is -1.98. The fraction of sp³-hybridized carbons (Fsp3) is 0.312. The van der Waals surface area contributed by atoms with Crippen LogP contribution in [0.4, 0.5) is 4.39 Å². The van der Waals surface area contributed by atoms with E-state index >= 15 is 0 Å². The molecule has 5 heteroatoms. The fourth-order valence-electron chi connectivity index (χ4n) is 1.82. The van der Waals surface area contributed by atoms with E-state index in [4.69, 9.17) is 9.47 Å². The Kier molecular flexibility index (Phi) is 5.66. The first-order valence-corrected chi connectivity index (χ1v) is 6.77. The number of aryl methyl sites for hydroxylation is 1. The summed E-state index contributed by atoms with van der Waals surface area (Å²) in [4.78, 5) is 4.25. The summed E-state index contributed by atoms with van der Waals surface area (Å²) < 4.78 is 23.6. The predicted octanol–water partition coefficient (Wildman–Crippen LogP) is 3.06. The summed E-state index contributed by atoms with van der Waals surface area (Å²) in [6, 6.07) is 8.16. The molecule has 1 heterocycles. The van der Waals surface area contributed by atoms with Gasteiger partial charge in [-0.1, -0.05) is 6.07 Å². The molecule has 2 rings (SSSR count). The van der Waals surface area contributed by atoms with Gasteiger partial charge in [-0.25, -0.2) is 9.37 Å². The zero-order valence-electron chi connectivity index (χ0n) is 12.2. The minimum absolute atomic E-state index is 0.273. The molecule has 1 N–H and O–H groups in total. The molecule has 0 amide bonds. The van der Waals surface area contributed by atoms with Crippen molar-refractivity contribution < 1.29 is 13.9 Å². The van der Waals surface area contributed by atoms with Gasteiger partial charge in [-0.15, -0.1) is 0 Å². The molecule has 0 spiro atoms. The second kappa shape index (κ2) is 7.71. The Morgan fingerprint density at radius 2 is 2.10 bits per heavy atom. The van der Waals surface area contributed by atoms with Gasteiger partial charge in [0.15, 0.2) is 0 Å². The third-order valence-corrected chi connectivity index (χ3v) is 2.96. The first kappa shape index (κ1) is 15.4. The van der Waals surface area contributed by atoms with E-state index in [1.807, 2.05) is 6.07 Å². The van der Waals surface area contributed by atoms with Gasteiger partial charge in [0.25, 0.3) is 0 Å². The lowest BCUT2D eigenvalue weighted by Crippen LogP contribution is -2.18. The predicted molar refractivity (Wildman–Crippen MR) is 79.0 cm³/mol. The third kappa shape index (κ3) is 4.81. The van der Waals surface area contributed by atoms with Gasteiger partial charge in [-0.2, -0.15) is 0 Å². The topological polar surface area (TPSA) is 43.4 Å². The van der Waals surface area contributed by atoms with Gasteiger partial charge in [-0.3, -0.25) is 0 Å². The second-order valence-electron chi connectivity index (χ2n) is 4.69. The number of hydrogen-bond donors (Lipinski definition) is 1. The SMILES string of the molecule is COCCNCc1ccc(Oc2ccc(F)cc2C)nc1. The van der Waals surface area contributed by atoms with Crippen LogP contribution in [0.25, 0.3) is 0 Å². The van der Waals surface area contributed by atoms with Crippen LogP contribution < -0.4 is 10.1 Å². The van der Waals surface area contributed by atoms with E-state index in [1.54, 1.807) is 32.4 Å². The van der Waals surface area contributed by atoms with Crippen molar-refractivity contribution in [2.75, 3.05) is 20.3 Å². The molecule has 0 radical (unpaired) electrons. The number of methoxy groups -OCH3 is 1. The summed E-state index contributed by atoms with van der Waals surface area (Å²) in [6.07, 6.45) is 1.76. The van der Waals surface area contributed by atoms with Crippen LogP contribution in [0.15, 0.2) is 36.5 Å². The van der Waals surface area contributed by atoms with Crippen molar-refractivity contribution in [1.82, 2.24) is 10.3 Å². The molecule has 0 saturated heterocycles. The van der Waals surface area contributed by atoms with Crippen molar-refractivity contribution in [2.24, 2.45) is 0 Å². The average molecular weight is 290 g/mol. The van der Waals surface area contributed by atoms with E-state index in [0.717, 1.165) is 24.2 Å². The molecule has 2 aromatic rings. The van der Waals surface area contributed by atoms with Gasteiger partial charge < -0.3 is 14.8 Å². The zero-order valence-corrected chi connectivity index (χ0v) is 12.2. The van der Waals surface area contributed by atoms with Crippen LogP contribution in [-0.4, -0.2) is 25.2 Å². The summed E-state index contributed by atoms with van der Waals surface area (Å²) in [6.45, 7) is 4.00. The maximum absolute atomic E-state index is 13.0. The highest BCUT2D eigenvalue weighted by atomic mass is 19.1. The Bertz CT molecular complexity index is 573. The number of ether oxygens (including phenoxy) is 2. The normalized spacial score (nSPS) is 10.6. The fourth-order valence-corrected chi connectivity index (χ4v) is 1.82. The van der Waals surface area contributed by atoms with Gasteiger partial charge in [-0.05, 0) is 36.2 Å². The maximum Gasteiger partial charge on any atom is 0.219 e. The van der Waals surface area contributed by atoms with Gasteiger partial charge >= 0.3 is 0 Å². The van der Waals surface area contributed by atoms with Crippen molar-refractivity contribution >= 4 is 0 Å². The summed E-state index contributed by atoms with van der Waals surface area (Å²) >= 11 is 0. The quantitative estimate of drug-likeness (QED) is 0.796. The van der Waals surface area contributed by atoms with E-state index in [0.29, 0.717) is 18.2 Å². The van der Waals surface area contributed by atoms with Crippen LogP contribution in [0.2, 0.25) is 0 Å². The molecule has 112 valence electrons. The first-order valence-electron chi connectivity index (χ1n) is 6.77. The zero-order chi connectivity index (χ0) is 15.1. The summed E-state index contributed by atoms with van der Waals surface area (Å²) in [5.41, 5.74) is 1.80. The Morgan fingerprint density at radius 1 is 1.24 bits per heavy atom. The Labute approximate surface area is 123 Å². The lowest BCUT2D eigenvalue weighted by molar-refractivity contribution is 0.199. The summed E-state index contributed by atoms with van der Waals surface area (Å²) in [5, 5.41) is 3.24. The molecular weight excluding hydrogens is 271 g/mol. The van der Waals surface area contributed by atoms with Crippen molar-refractivity contribution in [3.8, 4) is 11.6 Å². The maximum atomic E-state index is 13.0. The number of hydrogen-bond acceptors (Lipinski definition) is 4. The van der Waals surface area contributed by atoms with Crippen LogP contribution in [-0.2, 0) is 11.3 Å². The number of benzene rings is 1. The minimum atomic E-state index is -0.273. The van der Waals surface area contributed by atoms with Gasteiger partial charge in [0.05, 0.1) is 6.61 Å². The molecule has 4 nitrogen and oxygen atoms in total. The van der Waals surface area contributed by atoms with E-state index in [9.17, 15) is 4.39 Å². The van der Waals surface area contributed by atoms with E-state index < -0.39 is 0 Å². The molecule has 0 atom stereocenters. The molecule has 0 saturated carbocycles. The first-order chi connectivity index (χ1) is 10.2. The molecule has 0 aliphatic carbocycles. The van der Waals surface area contributed by atoms with Crippen LogP contribution in [0.3, 0.4) is 0 Å². The highest BCUT2D eigenvalue weighted by Gasteiger charge is 2.04. The highest BCUT2D eigenvalue weighted by molar-refractivity contribution is 5.35. The molecule has 0 fully saturated rings. The van der Waals surface area contributed by atoms with Crippen molar-refractivity contribution in [1.29, 1.82) is 0 Å². The van der Waals surface area contributed by atoms with Crippen LogP contribution in [0.1, 0.15) is 11.1 Å². The number of rotatable bonds is 7. The molecule has 0 bridgehead atoms. The summed E-state index contributed by atoms with van der Waals surface area (Å²) in [7, 11) is 1.67. The van der Waals surface area contributed by atoms with Crippen molar-refractivity contribution in [2.45, 2.75) is 13.5 Å². The third-order valence-electron chi connectivity index (χ3n) is 2.96. The monoisotopic (exact) mass is 290 g/mol. The largest absolute Gasteiger partial charge is 0.439 e. The standard InChI is InChI=1S/C16H19FN2O2/c1-12-9-14(17)4-5-15(12)21-16-6-3-13(11-19-16)10-18-7-8-20-2/h3-6,9,11,18H,7-8,10H2,1-2H3. The summed E-state index contributed by atoms with van der Waals surface area (Å²) in [5.74, 6) is 0.825. The highest BCUT2D eigenvalue weighted by Crippen LogP contribution is 2.24. The molecule has 0 aliphatic heterocycles. The van der Waals surface area contributed by atoms with Gasteiger partial charge in [0.1, 0.15) is 11.6 Å². The Balaban J connectivity index is 1.92. The molecule has 1 aromatic heterocycles. The molecule has 0 aliphatic rings. The smallest absolute Gasteiger partial charge is 0.219 e. The molecule has 0 unspecified atom stereocenters. The van der Waals surface area contributed by atoms with Gasteiger partial charge in [0.2, 0.25) is 5.88 Å². The number of nitrogens with zero attached hydrogens (tertiary/aromatic N) is 1.